The Bertz CT molecular complexity index is 696. The molecule has 0 saturated carbocycles. The third kappa shape index (κ3) is 3.77. The SMILES string of the molecule is CC1(CCNS(=O)(=O)c2ccc(N3CCCC3=O)cc2)OCCO1. The Hall–Kier alpha value is -1.48. The second-order valence-electron chi connectivity index (χ2n) is 6.12. The number of hydrogen-bond donors (Lipinski definition) is 1. The van der Waals surface area contributed by atoms with Gasteiger partial charge in [0.15, 0.2) is 5.79 Å². The molecule has 24 heavy (non-hydrogen) atoms. The van der Waals surface area contributed by atoms with E-state index < -0.39 is 15.8 Å². The van der Waals surface area contributed by atoms with Gasteiger partial charge in [0.2, 0.25) is 15.9 Å². The van der Waals surface area contributed by atoms with E-state index in [1.807, 2.05) is 0 Å². The molecular formula is C16H22N2O5S. The summed E-state index contributed by atoms with van der Waals surface area (Å²) in [7, 11) is -3.60. The fraction of sp³-hybridized carbons (Fsp3) is 0.562. The number of amides is 1. The van der Waals surface area contributed by atoms with Crippen LogP contribution in [0.2, 0.25) is 0 Å². The number of anilines is 1. The summed E-state index contributed by atoms with van der Waals surface area (Å²) in [6.07, 6.45) is 1.82. The van der Waals surface area contributed by atoms with Gasteiger partial charge in [-0.2, -0.15) is 0 Å². The smallest absolute Gasteiger partial charge is 0.240 e. The summed E-state index contributed by atoms with van der Waals surface area (Å²) in [5, 5.41) is 0. The largest absolute Gasteiger partial charge is 0.348 e. The fourth-order valence-electron chi connectivity index (χ4n) is 2.92. The van der Waals surface area contributed by atoms with E-state index in [0.717, 1.165) is 12.1 Å². The van der Waals surface area contributed by atoms with Crippen molar-refractivity contribution in [3.63, 3.8) is 0 Å². The summed E-state index contributed by atoms with van der Waals surface area (Å²) < 4.78 is 38.1. The van der Waals surface area contributed by atoms with Gasteiger partial charge in [-0.15, -0.1) is 0 Å². The van der Waals surface area contributed by atoms with Crippen LogP contribution >= 0.6 is 0 Å². The van der Waals surface area contributed by atoms with Crippen molar-refractivity contribution < 1.29 is 22.7 Å². The molecule has 1 aromatic carbocycles. The average Bonchev–Trinajstić information content (AvgIpc) is 3.16. The van der Waals surface area contributed by atoms with Crippen LogP contribution in [0.1, 0.15) is 26.2 Å². The highest BCUT2D eigenvalue weighted by Crippen LogP contribution is 2.24. The maximum Gasteiger partial charge on any atom is 0.240 e. The third-order valence-electron chi connectivity index (χ3n) is 4.30. The van der Waals surface area contributed by atoms with Crippen LogP contribution in [0.3, 0.4) is 0 Å². The molecule has 1 amide bonds. The number of sulfonamides is 1. The second-order valence-corrected chi connectivity index (χ2v) is 7.89. The molecule has 7 nitrogen and oxygen atoms in total. The Morgan fingerprint density at radius 2 is 1.88 bits per heavy atom. The number of ether oxygens (including phenoxy) is 2. The second kappa shape index (κ2) is 6.79. The van der Waals surface area contributed by atoms with Gasteiger partial charge in [0, 0.05) is 31.6 Å². The third-order valence-corrected chi connectivity index (χ3v) is 5.78. The number of carbonyl (C=O) groups is 1. The molecule has 2 fully saturated rings. The van der Waals surface area contributed by atoms with Gasteiger partial charge in [-0.3, -0.25) is 4.79 Å². The van der Waals surface area contributed by atoms with E-state index in [2.05, 4.69) is 4.72 Å². The molecule has 2 heterocycles. The molecule has 2 saturated heterocycles. The van der Waals surface area contributed by atoms with Crippen LogP contribution in [-0.4, -0.2) is 46.4 Å². The van der Waals surface area contributed by atoms with Crippen LogP contribution in [0.15, 0.2) is 29.2 Å². The highest BCUT2D eigenvalue weighted by molar-refractivity contribution is 7.89. The topological polar surface area (TPSA) is 84.9 Å². The van der Waals surface area contributed by atoms with Crippen molar-refractivity contribution in [1.82, 2.24) is 4.72 Å². The molecule has 2 aliphatic heterocycles. The quantitative estimate of drug-likeness (QED) is 0.831. The van der Waals surface area contributed by atoms with Crippen LogP contribution < -0.4 is 9.62 Å². The Kier molecular flexibility index (Phi) is 4.91. The van der Waals surface area contributed by atoms with Gasteiger partial charge in [0.1, 0.15) is 0 Å². The van der Waals surface area contributed by atoms with Gasteiger partial charge >= 0.3 is 0 Å². The fourth-order valence-corrected chi connectivity index (χ4v) is 3.96. The van der Waals surface area contributed by atoms with Crippen LogP contribution in [-0.2, 0) is 24.3 Å². The van der Waals surface area contributed by atoms with Crippen LogP contribution in [0.5, 0.6) is 0 Å². The van der Waals surface area contributed by atoms with Gasteiger partial charge in [-0.25, -0.2) is 13.1 Å². The van der Waals surface area contributed by atoms with E-state index in [-0.39, 0.29) is 17.3 Å². The minimum atomic E-state index is -3.60. The van der Waals surface area contributed by atoms with Gasteiger partial charge in [-0.1, -0.05) is 0 Å². The number of hydrogen-bond acceptors (Lipinski definition) is 5. The standard InChI is InChI=1S/C16H22N2O5S/c1-16(22-11-12-23-16)8-9-17-24(20,21)14-6-4-13(5-7-14)18-10-2-3-15(18)19/h4-7,17H,2-3,8-12H2,1H3. The highest BCUT2D eigenvalue weighted by Gasteiger charge is 2.31. The first-order valence-corrected chi connectivity index (χ1v) is 9.56. The lowest BCUT2D eigenvalue weighted by Crippen LogP contribution is -2.33. The Labute approximate surface area is 142 Å². The van der Waals surface area contributed by atoms with Crippen LogP contribution in [0, 0.1) is 0 Å². The van der Waals surface area contributed by atoms with Gasteiger partial charge < -0.3 is 14.4 Å². The van der Waals surface area contributed by atoms with Crippen molar-refractivity contribution in [1.29, 1.82) is 0 Å². The maximum absolute atomic E-state index is 12.3. The molecule has 3 rings (SSSR count). The summed E-state index contributed by atoms with van der Waals surface area (Å²) in [5.41, 5.74) is 0.733. The van der Waals surface area contributed by atoms with Crippen LogP contribution in [0.25, 0.3) is 0 Å². The summed E-state index contributed by atoms with van der Waals surface area (Å²) in [4.78, 5) is 13.6. The summed E-state index contributed by atoms with van der Waals surface area (Å²) >= 11 is 0. The molecule has 0 aliphatic carbocycles. The normalized spacial score (nSPS) is 20.7. The molecule has 0 unspecified atom stereocenters. The number of nitrogens with zero attached hydrogens (tertiary/aromatic N) is 1. The predicted octanol–water partition coefficient (Wildman–Crippen LogP) is 1.24. The van der Waals surface area contributed by atoms with E-state index >= 15 is 0 Å². The minimum Gasteiger partial charge on any atom is -0.348 e. The van der Waals surface area contributed by atoms with E-state index in [1.165, 1.54) is 12.1 Å². The molecular weight excluding hydrogens is 332 g/mol. The lowest BCUT2D eigenvalue weighted by atomic mass is 10.2. The molecule has 0 bridgehead atoms. The zero-order chi connectivity index (χ0) is 17.2. The molecule has 1 N–H and O–H groups in total. The van der Waals surface area contributed by atoms with E-state index in [9.17, 15) is 13.2 Å². The molecule has 132 valence electrons. The maximum atomic E-state index is 12.3. The number of rotatable bonds is 6. The zero-order valence-electron chi connectivity index (χ0n) is 13.7. The first-order chi connectivity index (χ1) is 11.4. The van der Waals surface area contributed by atoms with Crippen molar-refractivity contribution in [2.24, 2.45) is 0 Å². The molecule has 0 aromatic heterocycles. The van der Waals surface area contributed by atoms with Crippen LogP contribution in [0.4, 0.5) is 5.69 Å². The number of nitrogens with one attached hydrogen (secondary N) is 1. The van der Waals surface area contributed by atoms with Gasteiger partial charge in [0.25, 0.3) is 0 Å². The van der Waals surface area contributed by atoms with Gasteiger partial charge in [-0.05, 0) is 37.6 Å². The average molecular weight is 354 g/mol. The van der Waals surface area contributed by atoms with E-state index in [4.69, 9.17) is 9.47 Å². The Morgan fingerprint density at radius 3 is 2.46 bits per heavy atom. The number of carbonyl (C=O) groups excluding carboxylic acids is 1. The highest BCUT2D eigenvalue weighted by atomic mass is 32.2. The Morgan fingerprint density at radius 1 is 1.21 bits per heavy atom. The molecule has 0 atom stereocenters. The first-order valence-electron chi connectivity index (χ1n) is 8.08. The van der Waals surface area contributed by atoms with E-state index in [0.29, 0.717) is 32.6 Å². The summed E-state index contributed by atoms with van der Waals surface area (Å²) in [5.74, 6) is -0.642. The summed E-state index contributed by atoms with van der Waals surface area (Å²) in [6.45, 7) is 3.77. The first kappa shape index (κ1) is 17.3. The molecule has 1 aromatic rings. The Balaban J connectivity index is 1.61. The molecule has 2 aliphatic rings. The minimum absolute atomic E-state index is 0.0774. The predicted molar refractivity (Wildman–Crippen MR) is 88.1 cm³/mol. The number of benzene rings is 1. The van der Waals surface area contributed by atoms with Crippen molar-refractivity contribution >= 4 is 21.6 Å². The van der Waals surface area contributed by atoms with Crippen molar-refractivity contribution in [2.45, 2.75) is 36.9 Å². The van der Waals surface area contributed by atoms with E-state index in [1.54, 1.807) is 24.0 Å². The summed E-state index contributed by atoms with van der Waals surface area (Å²) in [6, 6.07) is 6.38. The van der Waals surface area contributed by atoms with Gasteiger partial charge in [0.05, 0.1) is 18.1 Å². The van der Waals surface area contributed by atoms with Crippen molar-refractivity contribution in [2.75, 3.05) is 31.2 Å². The molecule has 0 radical (unpaired) electrons. The van der Waals surface area contributed by atoms with Crippen molar-refractivity contribution in [3.05, 3.63) is 24.3 Å². The zero-order valence-corrected chi connectivity index (χ0v) is 14.5. The molecule has 0 spiro atoms. The molecule has 8 heteroatoms. The lowest BCUT2D eigenvalue weighted by molar-refractivity contribution is -0.145. The lowest BCUT2D eigenvalue weighted by Gasteiger charge is -2.22. The monoisotopic (exact) mass is 354 g/mol. The van der Waals surface area contributed by atoms with Crippen molar-refractivity contribution in [3.8, 4) is 0 Å².